The second-order valence-electron chi connectivity index (χ2n) is 17.3. The molecule has 1 heterocycles. The van der Waals surface area contributed by atoms with E-state index in [1.165, 1.54) is 154 Å². The summed E-state index contributed by atoms with van der Waals surface area (Å²) in [6.07, 6.45) is 44.7. The Kier molecular flexibility index (Phi) is 40.2. The molecule has 6 unspecified atom stereocenters. The molecule has 352 valence electrons. The Morgan fingerprint density at radius 3 is 1.50 bits per heavy atom. The third-order valence-electron chi connectivity index (χ3n) is 11.5. The summed E-state index contributed by atoms with van der Waals surface area (Å²) in [4.78, 5) is 12.8. The van der Waals surface area contributed by atoms with E-state index in [-0.39, 0.29) is 19.2 Å². The highest BCUT2D eigenvalue weighted by Crippen LogP contribution is 2.23. The molecule has 9 nitrogen and oxygen atoms in total. The van der Waals surface area contributed by atoms with E-state index in [9.17, 15) is 25.2 Å². The second kappa shape index (κ2) is 42.7. The van der Waals surface area contributed by atoms with Crippen molar-refractivity contribution >= 4 is 5.97 Å². The van der Waals surface area contributed by atoms with Crippen LogP contribution in [0, 0.1) is 0 Å². The van der Waals surface area contributed by atoms with Crippen LogP contribution in [0.4, 0.5) is 0 Å². The summed E-state index contributed by atoms with van der Waals surface area (Å²) in [5.74, 6) is -0.316. The molecule has 1 saturated heterocycles. The molecule has 0 radical (unpaired) electrons. The number of unbranched alkanes of at least 4 members (excludes halogenated alkanes) is 26. The molecule has 1 aliphatic heterocycles. The first-order chi connectivity index (χ1) is 29.4. The summed E-state index contributed by atoms with van der Waals surface area (Å²) in [6, 6.07) is 0. The fourth-order valence-corrected chi connectivity index (χ4v) is 7.56. The molecule has 0 aliphatic carbocycles. The Bertz CT molecular complexity index is 1010. The van der Waals surface area contributed by atoms with Crippen LogP contribution in [0.5, 0.6) is 0 Å². The minimum absolute atomic E-state index is 0.115. The number of carbonyl (C=O) groups is 1. The fourth-order valence-electron chi connectivity index (χ4n) is 7.56. The van der Waals surface area contributed by atoms with Gasteiger partial charge in [0.1, 0.15) is 30.5 Å². The van der Waals surface area contributed by atoms with Gasteiger partial charge in [0.25, 0.3) is 0 Å². The maximum absolute atomic E-state index is 12.8. The molecule has 0 aromatic heterocycles. The maximum Gasteiger partial charge on any atom is 0.306 e. The van der Waals surface area contributed by atoms with Crippen molar-refractivity contribution in [3.05, 3.63) is 36.5 Å². The topological polar surface area (TPSA) is 135 Å². The van der Waals surface area contributed by atoms with Gasteiger partial charge in [-0.3, -0.25) is 4.79 Å². The van der Waals surface area contributed by atoms with Gasteiger partial charge in [0.15, 0.2) is 6.29 Å². The van der Waals surface area contributed by atoms with E-state index in [2.05, 4.69) is 50.3 Å². The standard InChI is InChI=1S/C51H94O9/c1-3-5-7-9-11-13-15-17-18-19-20-21-22-23-24-25-26-27-28-29-30-32-34-36-38-40-47(53)59-45(44-58-51-50(56)49(55)48(54)46(42-52)60-51)43-57-41-39-37-35-33-31-16-14-12-10-8-6-4-2/h10,12,15,17,19-20,45-46,48-52,54-56H,3-9,11,13-14,16,18,21-44H2,1-2H3/b12-10-,17-15-,20-19-. The molecule has 1 aliphatic rings. The zero-order chi connectivity index (χ0) is 43.6. The number of hydrogen-bond donors (Lipinski definition) is 4. The number of aliphatic hydroxyl groups is 4. The average molecular weight is 851 g/mol. The lowest BCUT2D eigenvalue weighted by molar-refractivity contribution is -0.305. The fraction of sp³-hybridized carbons (Fsp3) is 0.863. The number of aliphatic hydroxyl groups excluding tert-OH is 4. The molecule has 0 spiro atoms. The normalized spacial score (nSPS) is 20.3. The maximum atomic E-state index is 12.8. The van der Waals surface area contributed by atoms with E-state index in [1.54, 1.807) is 0 Å². The van der Waals surface area contributed by atoms with E-state index < -0.39 is 43.4 Å². The van der Waals surface area contributed by atoms with Crippen molar-refractivity contribution in [3.8, 4) is 0 Å². The Morgan fingerprint density at radius 2 is 0.983 bits per heavy atom. The SMILES string of the molecule is CCCC/C=C\CCCCCCCCOCC(COC1OC(CO)C(O)C(O)C1O)OC(=O)CCCCCCCCCCCCCCC/C=C\C/C=C\CCCCCCC. The van der Waals surface area contributed by atoms with Crippen LogP contribution in [0.1, 0.15) is 219 Å². The van der Waals surface area contributed by atoms with E-state index in [1.807, 2.05) is 0 Å². The van der Waals surface area contributed by atoms with E-state index in [0.717, 1.165) is 44.9 Å². The Balaban J connectivity index is 2.16. The first-order valence-electron chi connectivity index (χ1n) is 25.1. The summed E-state index contributed by atoms with van der Waals surface area (Å²) < 4.78 is 22.8. The van der Waals surface area contributed by atoms with Crippen LogP contribution in [0.2, 0.25) is 0 Å². The number of esters is 1. The molecule has 4 N–H and O–H groups in total. The zero-order valence-electron chi connectivity index (χ0n) is 38.7. The van der Waals surface area contributed by atoms with Gasteiger partial charge in [-0.2, -0.15) is 0 Å². The van der Waals surface area contributed by atoms with Crippen molar-refractivity contribution in [1.82, 2.24) is 0 Å². The molecule has 60 heavy (non-hydrogen) atoms. The first-order valence-corrected chi connectivity index (χ1v) is 25.1. The van der Waals surface area contributed by atoms with Gasteiger partial charge in [0.05, 0.1) is 19.8 Å². The van der Waals surface area contributed by atoms with Crippen LogP contribution in [-0.2, 0) is 23.7 Å². The van der Waals surface area contributed by atoms with Crippen LogP contribution in [0.15, 0.2) is 36.5 Å². The smallest absolute Gasteiger partial charge is 0.306 e. The van der Waals surface area contributed by atoms with Crippen molar-refractivity contribution in [2.24, 2.45) is 0 Å². The van der Waals surface area contributed by atoms with Crippen molar-refractivity contribution in [2.75, 3.05) is 26.4 Å². The predicted molar refractivity (Wildman–Crippen MR) is 247 cm³/mol. The minimum Gasteiger partial charge on any atom is -0.457 e. The summed E-state index contributed by atoms with van der Waals surface area (Å²) in [7, 11) is 0. The first kappa shape index (κ1) is 56.4. The lowest BCUT2D eigenvalue weighted by Gasteiger charge is -2.39. The van der Waals surface area contributed by atoms with Gasteiger partial charge in [0, 0.05) is 13.0 Å². The quantitative estimate of drug-likeness (QED) is 0.0269. The van der Waals surface area contributed by atoms with E-state index >= 15 is 0 Å². The molecular weight excluding hydrogens is 757 g/mol. The summed E-state index contributed by atoms with van der Waals surface area (Å²) in [5, 5.41) is 40.2. The van der Waals surface area contributed by atoms with Crippen LogP contribution in [0.25, 0.3) is 0 Å². The van der Waals surface area contributed by atoms with Gasteiger partial charge in [-0.15, -0.1) is 0 Å². The molecule has 9 heteroatoms. The number of hydrogen-bond acceptors (Lipinski definition) is 9. The van der Waals surface area contributed by atoms with Crippen LogP contribution < -0.4 is 0 Å². The van der Waals surface area contributed by atoms with Crippen molar-refractivity contribution < 1.29 is 44.2 Å². The Labute approximate surface area is 368 Å². The van der Waals surface area contributed by atoms with Crippen LogP contribution in [-0.4, -0.2) is 89.6 Å². The van der Waals surface area contributed by atoms with Gasteiger partial charge in [-0.1, -0.05) is 185 Å². The monoisotopic (exact) mass is 851 g/mol. The molecule has 0 aromatic carbocycles. The van der Waals surface area contributed by atoms with Crippen molar-refractivity contribution in [1.29, 1.82) is 0 Å². The van der Waals surface area contributed by atoms with E-state index in [4.69, 9.17) is 18.9 Å². The van der Waals surface area contributed by atoms with Gasteiger partial charge in [-0.05, 0) is 64.2 Å². The summed E-state index contributed by atoms with van der Waals surface area (Å²) >= 11 is 0. The largest absolute Gasteiger partial charge is 0.457 e. The molecule has 0 aromatic rings. The molecule has 1 fully saturated rings. The second-order valence-corrected chi connectivity index (χ2v) is 17.3. The molecule has 0 saturated carbocycles. The highest BCUT2D eigenvalue weighted by molar-refractivity contribution is 5.69. The lowest BCUT2D eigenvalue weighted by Crippen LogP contribution is -2.59. The number of carbonyl (C=O) groups excluding carboxylic acids is 1. The van der Waals surface area contributed by atoms with E-state index in [0.29, 0.717) is 13.0 Å². The lowest BCUT2D eigenvalue weighted by atomic mass is 9.99. The highest BCUT2D eigenvalue weighted by Gasteiger charge is 2.44. The number of rotatable bonds is 43. The van der Waals surface area contributed by atoms with Crippen LogP contribution >= 0.6 is 0 Å². The minimum atomic E-state index is -1.54. The van der Waals surface area contributed by atoms with Gasteiger partial charge < -0.3 is 39.4 Å². The highest BCUT2D eigenvalue weighted by atomic mass is 16.7. The average Bonchev–Trinajstić information content (AvgIpc) is 3.25. The number of ether oxygens (including phenoxy) is 4. The van der Waals surface area contributed by atoms with Crippen molar-refractivity contribution in [2.45, 2.75) is 256 Å². The molecule has 0 amide bonds. The molecular formula is C51H94O9. The summed E-state index contributed by atoms with van der Waals surface area (Å²) in [6.45, 7) is 4.52. The predicted octanol–water partition coefficient (Wildman–Crippen LogP) is 11.9. The third kappa shape index (κ3) is 33.0. The Hall–Kier alpha value is -1.59. The number of allylic oxidation sites excluding steroid dienone is 6. The zero-order valence-corrected chi connectivity index (χ0v) is 38.7. The van der Waals surface area contributed by atoms with Gasteiger partial charge in [0.2, 0.25) is 0 Å². The molecule has 0 bridgehead atoms. The third-order valence-corrected chi connectivity index (χ3v) is 11.5. The van der Waals surface area contributed by atoms with Gasteiger partial charge >= 0.3 is 5.97 Å². The van der Waals surface area contributed by atoms with Crippen molar-refractivity contribution in [3.63, 3.8) is 0 Å². The Morgan fingerprint density at radius 1 is 0.533 bits per heavy atom. The summed E-state index contributed by atoms with van der Waals surface area (Å²) in [5.41, 5.74) is 0. The molecule has 1 rings (SSSR count). The van der Waals surface area contributed by atoms with Gasteiger partial charge in [-0.25, -0.2) is 0 Å². The molecule has 6 atom stereocenters. The van der Waals surface area contributed by atoms with Crippen LogP contribution in [0.3, 0.4) is 0 Å².